The standard InChI is InChI=1S/C17H17N3O7/c1-2-11(15(23)20-12(17(26)27)5-6-18-20)19-13(21)9-4-3-8(16(24)25)7-10(9)14(19)22/h3-4,7,11-12,18H,2,5-6H2,1H3,(H,24,25)(H,26,27). The molecule has 2 atom stereocenters. The molecular formula is C17H17N3O7. The number of carboxylic acids is 2. The van der Waals surface area contributed by atoms with E-state index in [0.717, 1.165) is 16.0 Å². The summed E-state index contributed by atoms with van der Waals surface area (Å²) in [7, 11) is 0. The van der Waals surface area contributed by atoms with Gasteiger partial charge in [-0.3, -0.25) is 24.3 Å². The lowest BCUT2D eigenvalue weighted by atomic mass is 10.1. The normalized spacial score (nSPS) is 20.0. The average Bonchev–Trinajstić information content (AvgIpc) is 3.21. The van der Waals surface area contributed by atoms with Crippen molar-refractivity contribution in [2.75, 3.05) is 6.54 Å². The number of aliphatic carboxylic acids is 1. The summed E-state index contributed by atoms with van der Waals surface area (Å²) < 4.78 is 0. The van der Waals surface area contributed by atoms with Gasteiger partial charge in [0, 0.05) is 6.54 Å². The molecule has 27 heavy (non-hydrogen) atoms. The van der Waals surface area contributed by atoms with Crippen LogP contribution in [0.5, 0.6) is 0 Å². The van der Waals surface area contributed by atoms with Gasteiger partial charge < -0.3 is 10.2 Å². The Morgan fingerprint density at radius 2 is 1.85 bits per heavy atom. The fourth-order valence-corrected chi connectivity index (χ4v) is 3.33. The Kier molecular flexibility index (Phi) is 4.66. The molecule has 3 amide bonds. The van der Waals surface area contributed by atoms with Gasteiger partial charge in [0.25, 0.3) is 17.7 Å². The summed E-state index contributed by atoms with van der Waals surface area (Å²) in [6.07, 6.45) is 0.294. The molecule has 10 heteroatoms. The van der Waals surface area contributed by atoms with Crippen molar-refractivity contribution in [2.24, 2.45) is 0 Å². The molecule has 1 aromatic rings. The molecule has 0 saturated carbocycles. The van der Waals surface area contributed by atoms with E-state index < -0.39 is 41.7 Å². The van der Waals surface area contributed by atoms with Gasteiger partial charge in [-0.15, -0.1) is 0 Å². The van der Waals surface area contributed by atoms with Crippen molar-refractivity contribution in [3.8, 4) is 0 Å². The molecule has 1 aromatic carbocycles. The summed E-state index contributed by atoms with van der Waals surface area (Å²) in [6.45, 7) is 1.88. The number of imide groups is 1. The van der Waals surface area contributed by atoms with Crippen molar-refractivity contribution < 1.29 is 34.2 Å². The highest BCUT2D eigenvalue weighted by molar-refractivity contribution is 6.23. The molecule has 2 unspecified atom stereocenters. The minimum Gasteiger partial charge on any atom is -0.480 e. The van der Waals surface area contributed by atoms with E-state index >= 15 is 0 Å². The van der Waals surface area contributed by atoms with Gasteiger partial charge in [0.1, 0.15) is 12.1 Å². The molecule has 0 spiro atoms. The Labute approximate surface area is 153 Å². The summed E-state index contributed by atoms with van der Waals surface area (Å²) in [5.41, 5.74) is 2.45. The second-order valence-corrected chi connectivity index (χ2v) is 6.23. The Bertz CT molecular complexity index is 866. The summed E-state index contributed by atoms with van der Waals surface area (Å²) in [5.74, 6) is -4.61. The number of aromatic carboxylic acids is 1. The number of benzene rings is 1. The molecule has 3 rings (SSSR count). The maximum atomic E-state index is 12.9. The zero-order valence-electron chi connectivity index (χ0n) is 14.3. The summed E-state index contributed by atoms with van der Waals surface area (Å²) in [6, 6.07) is 1.27. The molecule has 0 bridgehead atoms. The Morgan fingerprint density at radius 3 is 2.44 bits per heavy atom. The van der Waals surface area contributed by atoms with E-state index in [4.69, 9.17) is 5.11 Å². The van der Waals surface area contributed by atoms with Crippen molar-refractivity contribution in [1.82, 2.24) is 15.3 Å². The zero-order chi connectivity index (χ0) is 19.9. The molecule has 0 aromatic heterocycles. The SMILES string of the molecule is CCC(C(=O)N1NCCC1C(=O)O)N1C(=O)c2ccc(C(=O)O)cc2C1=O. The fraction of sp³-hybridized carbons (Fsp3) is 0.353. The number of nitrogens with zero attached hydrogens (tertiary/aromatic N) is 2. The first-order valence-corrected chi connectivity index (χ1v) is 8.32. The minimum absolute atomic E-state index is 0.0143. The molecule has 10 nitrogen and oxygen atoms in total. The van der Waals surface area contributed by atoms with Crippen LogP contribution >= 0.6 is 0 Å². The number of fused-ring (bicyclic) bond motifs is 1. The third kappa shape index (κ3) is 2.93. The number of rotatable bonds is 5. The lowest BCUT2D eigenvalue weighted by molar-refractivity contribution is -0.152. The predicted molar refractivity (Wildman–Crippen MR) is 88.9 cm³/mol. The lowest BCUT2D eigenvalue weighted by Crippen LogP contribution is -2.56. The van der Waals surface area contributed by atoms with Crippen LogP contribution in [0.15, 0.2) is 18.2 Å². The Balaban J connectivity index is 1.93. The van der Waals surface area contributed by atoms with E-state index in [-0.39, 0.29) is 36.1 Å². The minimum atomic E-state index is -1.25. The van der Waals surface area contributed by atoms with Gasteiger partial charge in [0.05, 0.1) is 16.7 Å². The highest BCUT2D eigenvalue weighted by atomic mass is 16.4. The number of hydrogen-bond donors (Lipinski definition) is 3. The number of hydrazine groups is 1. The van der Waals surface area contributed by atoms with Crippen LogP contribution in [0.4, 0.5) is 0 Å². The third-order valence-electron chi connectivity index (χ3n) is 4.68. The molecule has 3 N–H and O–H groups in total. The first-order chi connectivity index (χ1) is 12.8. The molecule has 1 saturated heterocycles. The Hall–Kier alpha value is -3.27. The Morgan fingerprint density at radius 1 is 1.19 bits per heavy atom. The van der Waals surface area contributed by atoms with Crippen LogP contribution in [0.1, 0.15) is 50.8 Å². The molecular weight excluding hydrogens is 358 g/mol. The first kappa shape index (κ1) is 18.5. The fourth-order valence-electron chi connectivity index (χ4n) is 3.33. The van der Waals surface area contributed by atoms with Crippen molar-refractivity contribution in [3.63, 3.8) is 0 Å². The number of hydrogen-bond acceptors (Lipinski definition) is 6. The van der Waals surface area contributed by atoms with Crippen LogP contribution in [-0.4, -0.2) is 68.4 Å². The lowest BCUT2D eigenvalue weighted by Gasteiger charge is -2.30. The molecule has 1 fully saturated rings. The third-order valence-corrected chi connectivity index (χ3v) is 4.68. The van der Waals surface area contributed by atoms with Gasteiger partial charge in [-0.2, -0.15) is 0 Å². The molecule has 0 aliphatic carbocycles. The molecule has 0 radical (unpaired) electrons. The van der Waals surface area contributed by atoms with Crippen LogP contribution in [0.3, 0.4) is 0 Å². The smallest absolute Gasteiger partial charge is 0.335 e. The monoisotopic (exact) mass is 375 g/mol. The van der Waals surface area contributed by atoms with Crippen LogP contribution < -0.4 is 5.43 Å². The zero-order valence-corrected chi connectivity index (χ0v) is 14.3. The van der Waals surface area contributed by atoms with Gasteiger partial charge >= 0.3 is 11.9 Å². The second kappa shape index (κ2) is 6.80. The average molecular weight is 375 g/mol. The van der Waals surface area contributed by atoms with E-state index in [9.17, 15) is 29.1 Å². The largest absolute Gasteiger partial charge is 0.480 e. The van der Waals surface area contributed by atoms with Gasteiger partial charge in [-0.25, -0.2) is 15.0 Å². The molecule has 142 valence electrons. The van der Waals surface area contributed by atoms with Crippen molar-refractivity contribution >= 4 is 29.7 Å². The second-order valence-electron chi connectivity index (χ2n) is 6.23. The highest BCUT2D eigenvalue weighted by Gasteiger charge is 2.46. The van der Waals surface area contributed by atoms with Gasteiger partial charge in [-0.05, 0) is 31.0 Å². The number of carbonyl (C=O) groups excluding carboxylic acids is 3. The van der Waals surface area contributed by atoms with Crippen molar-refractivity contribution in [2.45, 2.75) is 31.8 Å². The summed E-state index contributed by atoms with van der Waals surface area (Å²) in [4.78, 5) is 61.5. The van der Waals surface area contributed by atoms with Crippen LogP contribution in [0, 0.1) is 0 Å². The molecule has 2 heterocycles. The molecule has 2 aliphatic rings. The van der Waals surface area contributed by atoms with E-state index in [2.05, 4.69) is 5.43 Å². The number of amides is 3. The summed E-state index contributed by atoms with van der Waals surface area (Å²) in [5, 5.41) is 19.3. The van der Waals surface area contributed by atoms with E-state index in [1.165, 1.54) is 12.1 Å². The first-order valence-electron chi connectivity index (χ1n) is 8.32. The maximum absolute atomic E-state index is 12.9. The van der Waals surface area contributed by atoms with E-state index in [0.29, 0.717) is 0 Å². The van der Waals surface area contributed by atoms with E-state index in [1.807, 2.05) is 0 Å². The van der Waals surface area contributed by atoms with Crippen molar-refractivity contribution in [1.29, 1.82) is 0 Å². The quantitative estimate of drug-likeness (QED) is 0.608. The van der Waals surface area contributed by atoms with Gasteiger partial charge in [0.15, 0.2) is 0 Å². The highest BCUT2D eigenvalue weighted by Crippen LogP contribution is 2.28. The van der Waals surface area contributed by atoms with Gasteiger partial charge in [0.2, 0.25) is 0 Å². The van der Waals surface area contributed by atoms with Gasteiger partial charge in [-0.1, -0.05) is 6.92 Å². The predicted octanol–water partition coefficient (Wildman–Crippen LogP) is -0.0505. The topological polar surface area (TPSA) is 144 Å². The number of carbonyl (C=O) groups is 5. The maximum Gasteiger partial charge on any atom is 0.335 e. The molecule has 2 aliphatic heterocycles. The number of nitrogens with one attached hydrogen (secondary N) is 1. The van der Waals surface area contributed by atoms with Crippen LogP contribution in [-0.2, 0) is 9.59 Å². The number of carboxylic acid groups (broad SMARTS) is 2. The van der Waals surface area contributed by atoms with Crippen LogP contribution in [0.2, 0.25) is 0 Å². The van der Waals surface area contributed by atoms with Crippen LogP contribution in [0.25, 0.3) is 0 Å². The summed E-state index contributed by atoms with van der Waals surface area (Å²) >= 11 is 0. The van der Waals surface area contributed by atoms with E-state index in [1.54, 1.807) is 6.92 Å². The van der Waals surface area contributed by atoms with Crippen molar-refractivity contribution in [3.05, 3.63) is 34.9 Å².